The van der Waals surface area contributed by atoms with E-state index in [-0.39, 0.29) is 18.9 Å². The van der Waals surface area contributed by atoms with E-state index in [0.717, 1.165) is 18.4 Å². The third-order valence-electron chi connectivity index (χ3n) is 4.56. The second kappa shape index (κ2) is 12.2. The average molecular weight is 408 g/mol. The molecule has 0 aliphatic rings. The lowest BCUT2D eigenvalue weighted by Crippen LogP contribution is -2.35. The van der Waals surface area contributed by atoms with Gasteiger partial charge in [-0.3, -0.25) is 9.59 Å². The third-order valence-corrected chi connectivity index (χ3v) is 4.56. The fourth-order valence-corrected chi connectivity index (χ4v) is 3.03. The number of carbonyl (C=O) groups excluding carboxylic acids is 3. The highest BCUT2D eigenvalue weighted by molar-refractivity contribution is 5.96. The Labute approximate surface area is 177 Å². The maximum Gasteiger partial charge on any atom is 0.330 e. The molecule has 30 heavy (non-hydrogen) atoms. The van der Waals surface area contributed by atoms with E-state index in [1.54, 1.807) is 13.0 Å². The van der Waals surface area contributed by atoms with Gasteiger partial charge in [0.1, 0.15) is 0 Å². The van der Waals surface area contributed by atoms with E-state index in [1.165, 1.54) is 17.7 Å². The van der Waals surface area contributed by atoms with E-state index in [0.29, 0.717) is 12.0 Å². The number of hydrogen-bond acceptors (Lipinski definition) is 4. The number of nitrogens with two attached hydrogens (primary N) is 1. The summed E-state index contributed by atoms with van der Waals surface area (Å²) in [5.41, 5.74) is 7.94. The summed E-state index contributed by atoms with van der Waals surface area (Å²) in [6, 6.07) is 17.0. The van der Waals surface area contributed by atoms with Crippen molar-refractivity contribution in [2.75, 3.05) is 6.61 Å². The highest BCUT2D eigenvalue weighted by Crippen LogP contribution is 2.14. The molecule has 0 aliphatic heterocycles. The highest BCUT2D eigenvalue weighted by atomic mass is 16.5. The van der Waals surface area contributed by atoms with Crippen LogP contribution in [-0.2, 0) is 27.2 Å². The van der Waals surface area contributed by atoms with Crippen LogP contribution in [0.15, 0.2) is 66.7 Å². The minimum Gasteiger partial charge on any atom is -0.463 e. The summed E-state index contributed by atoms with van der Waals surface area (Å²) in [7, 11) is 0. The lowest BCUT2D eigenvalue weighted by molar-refractivity contribution is -0.137. The summed E-state index contributed by atoms with van der Waals surface area (Å²) in [5, 5.41) is 2.88. The van der Waals surface area contributed by atoms with Crippen LogP contribution in [0.2, 0.25) is 0 Å². The Hall–Kier alpha value is -3.41. The fraction of sp³-hybridized carbons (Fsp3) is 0.292. The molecule has 2 aromatic carbocycles. The summed E-state index contributed by atoms with van der Waals surface area (Å²) in [6.45, 7) is 1.97. The summed E-state index contributed by atoms with van der Waals surface area (Å²) >= 11 is 0. The van der Waals surface area contributed by atoms with Gasteiger partial charge in [0.15, 0.2) is 0 Å². The zero-order chi connectivity index (χ0) is 21.8. The minimum absolute atomic E-state index is 0.0910. The molecule has 2 aromatic rings. The highest BCUT2D eigenvalue weighted by Gasteiger charge is 2.16. The molecule has 0 fully saturated rings. The third kappa shape index (κ3) is 7.91. The van der Waals surface area contributed by atoms with Gasteiger partial charge in [0.2, 0.25) is 5.91 Å². The van der Waals surface area contributed by atoms with Gasteiger partial charge in [-0.2, -0.15) is 0 Å². The van der Waals surface area contributed by atoms with Crippen LogP contribution < -0.4 is 11.1 Å². The number of primary amides is 1. The van der Waals surface area contributed by atoms with Gasteiger partial charge < -0.3 is 15.8 Å². The van der Waals surface area contributed by atoms with Crippen LogP contribution in [0.5, 0.6) is 0 Å². The number of rotatable bonds is 11. The Morgan fingerprint density at radius 3 is 2.43 bits per heavy atom. The van der Waals surface area contributed by atoms with Gasteiger partial charge in [-0.1, -0.05) is 54.6 Å². The molecule has 0 spiro atoms. The van der Waals surface area contributed by atoms with Crippen LogP contribution in [0.4, 0.5) is 0 Å². The number of carbonyl (C=O) groups is 3. The van der Waals surface area contributed by atoms with Crippen molar-refractivity contribution < 1.29 is 19.1 Å². The van der Waals surface area contributed by atoms with E-state index < -0.39 is 17.9 Å². The average Bonchev–Trinajstić information content (AvgIpc) is 2.75. The van der Waals surface area contributed by atoms with Gasteiger partial charge in [-0.05, 0) is 43.4 Å². The van der Waals surface area contributed by atoms with Crippen LogP contribution in [0.3, 0.4) is 0 Å². The Morgan fingerprint density at radius 1 is 1.03 bits per heavy atom. The number of benzene rings is 2. The Kier molecular flexibility index (Phi) is 9.31. The number of ether oxygens (including phenoxy) is 1. The molecule has 3 N–H and O–H groups in total. The Morgan fingerprint density at radius 2 is 1.73 bits per heavy atom. The van der Waals surface area contributed by atoms with Crippen molar-refractivity contribution >= 4 is 17.8 Å². The minimum atomic E-state index is -0.517. The van der Waals surface area contributed by atoms with Crippen LogP contribution in [0.25, 0.3) is 0 Å². The molecule has 0 aliphatic carbocycles. The SMILES string of the molecule is CCOC(=O)/C=C/C(CCC(N)=O)NC(=O)c1ccccc1CCc1ccccc1. The molecule has 0 heterocycles. The molecule has 0 saturated carbocycles. The zero-order valence-electron chi connectivity index (χ0n) is 17.2. The lowest BCUT2D eigenvalue weighted by Gasteiger charge is -2.16. The predicted octanol–water partition coefficient (Wildman–Crippen LogP) is 2.96. The first kappa shape index (κ1) is 22.9. The van der Waals surface area contributed by atoms with Crippen molar-refractivity contribution in [1.82, 2.24) is 5.32 Å². The number of esters is 1. The van der Waals surface area contributed by atoms with Gasteiger partial charge in [-0.15, -0.1) is 0 Å². The molecule has 158 valence electrons. The molecular weight excluding hydrogens is 380 g/mol. The van der Waals surface area contributed by atoms with Gasteiger partial charge in [0.25, 0.3) is 5.91 Å². The normalized spacial score (nSPS) is 11.8. The fourth-order valence-electron chi connectivity index (χ4n) is 3.03. The molecule has 0 saturated heterocycles. The maximum atomic E-state index is 12.9. The lowest BCUT2D eigenvalue weighted by atomic mass is 9.99. The summed E-state index contributed by atoms with van der Waals surface area (Å²) < 4.78 is 4.87. The molecule has 1 atom stereocenters. The van der Waals surface area contributed by atoms with Crippen molar-refractivity contribution in [2.24, 2.45) is 5.73 Å². The molecule has 6 heteroatoms. The molecule has 2 amide bonds. The number of nitrogens with one attached hydrogen (secondary N) is 1. The van der Waals surface area contributed by atoms with Crippen LogP contribution in [0, 0.1) is 0 Å². The summed E-state index contributed by atoms with van der Waals surface area (Å²) in [6.07, 6.45) is 4.72. The molecule has 6 nitrogen and oxygen atoms in total. The van der Waals surface area contributed by atoms with E-state index >= 15 is 0 Å². The molecule has 0 aromatic heterocycles. The second-order valence-electron chi connectivity index (χ2n) is 6.84. The van der Waals surface area contributed by atoms with Crippen molar-refractivity contribution in [3.63, 3.8) is 0 Å². The Bertz CT molecular complexity index is 878. The second-order valence-corrected chi connectivity index (χ2v) is 6.84. The van der Waals surface area contributed by atoms with E-state index in [9.17, 15) is 14.4 Å². The largest absolute Gasteiger partial charge is 0.463 e. The van der Waals surface area contributed by atoms with Gasteiger partial charge in [-0.25, -0.2) is 4.79 Å². The smallest absolute Gasteiger partial charge is 0.330 e. The van der Waals surface area contributed by atoms with Gasteiger partial charge in [0, 0.05) is 24.1 Å². The quantitative estimate of drug-likeness (QED) is 0.441. The number of amides is 2. The number of hydrogen-bond donors (Lipinski definition) is 2. The van der Waals surface area contributed by atoms with Gasteiger partial charge >= 0.3 is 5.97 Å². The van der Waals surface area contributed by atoms with E-state index in [4.69, 9.17) is 10.5 Å². The molecular formula is C24H28N2O4. The molecule has 2 rings (SSSR count). The van der Waals surface area contributed by atoms with E-state index in [1.807, 2.05) is 36.4 Å². The molecule has 1 unspecified atom stereocenters. The molecule has 0 bridgehead atoms. The van der Waals surface area contributed by atoms with Crippen molar-refractivity contribution in [3.05, 3.63) is 83.4 Å². The number of aryl methyl sites for hydroxylation is 2. The van der Waals surface area contributed by atoms with Crippen LogP contribution >= 0.6 is 0 Å². The summed E-state index contributed by atoms with van der Waals surface area (Å²) in [4.78, 5) is 35.7. The van der Waals surface area contributed by atoms with Gasteiger partial charge in [0.05, 0.1) is 6.61 Å². The monoisotopic (exact) mass is 408 g/mol. The zero-order valence-corrected chi connectivity index (χ0v) is 17.2. The summed E-state index contributed by atoms with van der Waals surface area (Å²) in [5.74, 6) is -1.23. The van der Waals surface area contributed by atoms with Crippen molar-refractivity contribution in [2.45, 2.75) is 38.6 Å². The standard InChI is InChI=1S/C24H28N2O4/c1-2-30-23(28)17-15-20(14-16-22(25)27)26-24(29)21-11-7-6-10-19(21)13-12-18-8-4-3-5-9-18/h3-11,15,17,20H,2,12-14,16H2,1H3,(H2,25,27)(H,26,29)/b17-15+. The predicted molar refractivity (Wildman–Crippen MR) is 116 cm³/mol. The van der Waals surface area contributed by atoms with Crippen LogP contribution in [0.1, 0.15) is 41.3 Å². The molecule has 0 radical (unpaired) electrons. The van der Waals surface area contributed by atoms with Crippen LogP contribution in [-0.4, -0.2) is 30.4 Å². The van der Waals surface area contributed by atoms with Crippen molar-refractivity contribution in [3.8, 4) is 0 Å². The van der Waals surface area contributed by atoms with Crippen molar-refractivity contribution in [1.29, 1.82) is 0 Å². The topological polar surface area (TPSA) is 98.5 Å². The maximum absolute atomic E-state index is 12.9. The first-order valence-corrected chi connectivity index (χ1v) is 10.1. The first-order valence-electron chi connectivity index (χ1n) is 10.1. The van der Waals surface area contributed by atoms with E-state index in [2.05, 4.69) is 17.4 Å². The first-order chi connectivity index (χ1) is 14.5. The Balaban J connectivity index is 2.09.